The molecule has 0 spiro atoms. The highest BCUT2D eigenvalue weighted by molar-refractivity contribution is 7.92. The molecule has 3 rings (SSSR count). The molecule has 0 amide bonds. The van der Waals surface area contributed by atoms with Gasteiger partial charge in [-0.1, -0.05) is 44.9 Å². The van der Waals surface area contributed by atoms with Crippen LogP contribution in [0, 0.1) is 11.8 Å². The second-order valence-electron chi connectivity index (χ2n) is 7.49. The van der Waals surface area contributed by atoms with Crippen molar-refractivity contribution in [3.63, 3.8) is 0 Å². The first-order valence-electron chi connectivity index (χ1n) is 9.12. The highest BCUT2D eigenvalue weighted by Gasteiger charge is 2.35. The summed E-state index contributed by atoms with van der Waals surface area (Å²) < 4.78 is 24.0. The highest BCUT2D eigenvalue weighted by atomic mass is 32.2. The van der Waals surface area contributed by atoms with Gasteiger partial charge in [0.1, 0.15) is 0 Å². The van der Waals surface area contributed by atoms with Gasteiger partial charge in [0.05, 0.1) is 11.0 Å². The van der Waals surface area contributed by atoms with Crippen LogP contribution in [-0.2, 0) is 9.84 Å². The quantitative estimate of drug-likeness (QED) is 0.866. The van der Waals surface area contributed by atoms with Gasteiger partial charge in [-0.3, -0.25) is 0 Å². The van der Waals surface area contributed by atoms with Gasteiger partial charge in [0.25, 0.3) is 0 Å². The van der Waals surface area contributed by atoms with E-state index in [0.717, 1.165) is 24.7 Å². The number of hydrogen-bond donors (Lipinski definition) is 1. The number of rotatable bonds is 4. The molecular formula is C17H31NO2S. The van der Waals surface area contributed by atoms with Gasteiger partial charge in [0.2, 0.25) is 0 Å². The monoisotopic (exact) mass is 313 g/mol. The van der Waals surface area contributed by atoms with E-state index < -0.39 is 9.84 Å². The van der Waals surface area contributed by atoms with E-state index in [-0.39, 0.29) is 5.25 Å². The average Bonchev–Trinajstić information content (AvgIpc) is 2.85. The molecule has 3 aliphatic rings. The van der Waals surface area contributed by atoms with Gasteiger partial charge in [-0.05, 0) is 37.5 Å². The first-order valence-corrected chi connectivity index (χ1v) is 10.8. The Labute approximate surface area is 130 Å². The summed E-state index contributed by atoms with van der Waals surface area (Å²) in [4.78, 5) is 0. The van der Waals surface area contributed by atoms with Crippen molar-refractivity contribution in [2.24, 2.45) is 11.8 Å². The van der Waals surface area contributed by atoms with E-state index in [0.29, 0.717) is 18.3 Å². The fraction of sp³-hybridized carbons (Fsp3) is 1.00. The summed E-state index contributed by atoms with van der Waals surface area (Å²) >= 11 is 0. The lowest BCUT2D eigenvalue weighted by Crippen LogP contribution is -2.45. The van der Waals surface area contributed by atoms with Crippen molar-refractivity contribution >= 4 is 9.84 Å². The molecule has 0 aromatic rings. The molecule has 0 aromatic carbocycles. The summed E-state index contributed by atoms with van der Waals surface area (Å²) in [6, 6.07) is 0.581. The Morgan fingerprint density at radius 2 is 1.52 bits per heavy atom. The third kappa shape index (κ3) is 3.82. The summed E-state index contributed by atoms with van der Waals surface area (Å²) in [6.07, 6.45) is 14.1. The van der Waals surface area contributed by atoms with E-state index in [4.69, 9.17) is 0 Å². The molecule has 21 heavy (non-hydrogen) atoms. The molecule has 0 unspecified atom stereocenters. The maximum Gasteiger partial charge on any atom is 0.154 e. The van der Waals surface area contributed by atoms with E-state index in [1.807, 2.05) is 0 Å². The Kier molecular flexibility index (Phi) is 5.26. The van der Waals surface area contributed by atoms with Crippen molar-refractivity contribution in [2.45, 2.75) is 81.9 Å². The summed E-state index contributed by atoms with van der Waals surface area (Å²) in [6.45, 7) is 0.705. The smallest absolute Gasteiger partial charge is 0.154 e. The van der Waals surface area contributed by atoms with E-state index in [1.54, 1.807) is 0 Å². The molecule has 0 radical (unpaired) electrons. The lowest BCUT2D eigenvalue weighted by atomic mass is 9.71. The van der Waals surface area contributed by atoms with Crippen molar-refractivity contribution in [1.29, 1.82) is 0 Å². The molecule has 0 aromatic heterocycles. The van der Waals surface area contributed by atoms with Gasteiger partial charge >= 0.3 is 0 Å². The normalized spacial score (nSPS) is 37.6. The highest BCUT2D eigenvalue weighted by Crippen LogP contribution is 2.38. The topological polar surface area (TPSA) is 46.2 Å². The Morgan fingerprint density at radius 1 is 0.810 bits per heavy atom. The Balaban J connectivity index is 1.56. The van der Waals surface area contributed by atoms with E-state index in [1.165, 1.54) is 57.8 Å². The lowest BCUT2D eigenvalue weighted by Gasteiger charge is -2.40. The molecule has 3 atom stereocenters. The molecule has 3 fully saturated rings. The predicted molar refractivity (Wildman–Crippen MR) is 87.1 cm³/mol. The molecule has 2 aliphatic carbocycles. The zero-order valence-electron chi connectivity index (χ0n) is 13.2. The fourth-order valence-corrected chi connectivity index (χ4v) is 6.69. The SMILES string of the molecule is O=S1(=O)CCC[C@@H]1CN[C@H]1CCCC[C@@H]1C1CCCCC1. The average molecular weight is 314 g/mol. The van der Waals surface area contributed by atoms with Crippen molar-refractivity contribution in [1.82, 2.24) is 5.32 Å². The second-order valence-corrected chi connectivity index (χ2v) is 9.89. The summed E-state index contributed by atoms with van der Waals surface area (Å²) in [5.41, 5.74) is 0. The molecule has 2 saturated carbocycles. The zero-order valence-corrected chi connectivity index (χ0v) is 14.0. The van der Waals surface area contributed by atoms with Crippen LogP contribution in [-0.4, -0.2) is 32.0 Å². The number of nitrogens with one attached hydrogen (secondary N) is 1. The molecule has 1 N–H and O–H groups in total. The summed E-state index contributed by atoms with van der Waals surface area (Å²) in [5, 5.41) is 3.58. The third-order valence-electron chi connectivity index (χ3n) is 6.15. The van der Waals surface area contributed by atoms with Crippen molar-refractivity contribution in [2.75, 3.05) is 12.3 Å². The van der Waals surface area contributed by atoms with Gasteiger partial charge in [-0.25, -0.2) is 8.42 Å². The van der Waals surface area contributed by atoms with Crippen molar-refractivity contribution < 1.29 is 8.42 Å². The minimum absolute atomic E-state index is 0.105. The van der Waals surface area contributed by atoms with Crippen LogP contribution in [0.3, 0.4) is 0 Å². The molecule has 1 saturated heterocycles. The Hall–Kier alpha value is -0.0900. The van der Waals surface area contributed by atoms with Gasteiger partial charge in [0.15, 0.2) is 9.84 Å². The van der Waals surface area contributed by atoms with Crippen LogP contribution in [0.4, 0.5) is 0 Å². The van der Waals surface area contributed by atoms with Crippen LogP contribution in [0.15, 0.2) is 0 Å². The van der Waals surface area contributed by atoms with E-state index in [9.17, 15) is 8.42 Å². The fourth-order valence-electron chi connectivity index (χ4n) is 4.91. The number of hydrogen-bond acceptors (Lipinski definition) is 3. The number of sulfone groups is 1. The van der Waals surface area contributed by atoms with Crippen LogP contribution in [0.1, 0.15) is 70.6 Å². The van der Waals surface area contributed by atoms with Crippen LogP contribution < -0.4 is 5.32 Å². The summed E-state index contributed by atoms with van der Waals surface area (Å²) in [5.74, 6) is 2.12. The van der Waals surface area contributed by atoms with Crippen LogP contribution in [0.25, 0.3) is 0 Å². The molecule has 122 valence electrons. The molecule has 1 aliphatic heterocycles. The first kappa shape index (κ1) is 15.8. The van der Waals surface area contributed by atoms with Crippen molar-refractivity contribution in [3.05, 3.63) is 0 Å². The largest absolute Gasteiger partial charge is 0.312 e. The zero-order chi connectivity index (χ0) is 14.7. The van der Waals surface area contributed by atoms with Gasteiger partial charge in [0, 0.05) is 12.6 Å². The second kappa shape index (κ2) is 6.99. The van der Waals surface area contributed by atoms with E-state index in [2.05, 4.69) is 5.32 Å². The molecule has 3 nitrogen and oxygen atoms in total. The van der Waals surface area contributed by atoms with Gasteiger partial charge in [-0.2, -0.15) is 0 Å². The maximum absolute atomic E-state index is 12.0. The molecule has 0 bridgehead atoms. The predicted octanol–water partition coefficient (Wildman–Crippen LogP) is 3.29. The summed E-state index contributed by atoms with van der Waals surface area (Å²) in [7, 11) is -2.79. The Morgan fingerprint density at radius 3 is 2.24 bits per heavy atom. The standard InChI is InChI=1S/C17H31NO2S/c19-21(20)12-6-9-15(21)13-18-17-11-5-4-10-16(17)14-7-2-1-3-8-14/h14-18H,1-13H2/t15-,16-,17+/m1/s1. The van der Waals surface area contributed by atoms with Crippen LogP contribution >= 0.6 is 0 Å². The Bertz CT molecular complexity index is 428. The third-order valence-corrected chi connectivity index (χ3v) is 8.42. The minimum atomic E-state index is -2.79. The van der Waals surface area contributed by atoms with Crippen LogP contribution in [0.5, 0.6) is 0 Å². The maximum atomic E-state index is 12.0. The van der Waals surface area contributed by atoms with Crippen LogP contribution in [0.2, 0.25) is 0 Å². The minimum Gasteiger partial charge on any atom is -0.312 e. The van der Waals surface area contributed by atoms with Gasteiger partial charge < -0.3 is 5.32 Å². The van der Waals surface area contributed by atoms with Crippen molar-refractivity contribution in [3.8, 4) is 0 Å². The first-order chi connectivity index (χ1) is 10.2. The van der Waals surface area contributed by atoms with E-state index >= 15 is 0 Å². The van der Waals surface area contributed by atoms with Gasteiger partial charge in [-0.15, -0.1) is 0 Å². The molecule has 1 heterocycles. The molecular weight excluding hydrogens is 282 g/mol. The molecule has 4 heteroatoms. The lowest BCUT2D eigenvalue weighted by molar-refractivity contribution is 0.150.